The first-order valence-electron chi connectivity index (χ1n) is 5.47. The highest BCUT2D eigenvalue weighted by Gasteiger charge is 2.11. The highest BCUT2D eigenvalue weighted by Crippen LogP contribution is 2.18. The Hall–Kier alpha value is -2.08. The molecule has 0 spiro atoms. The molecule has 0 amide bonds. The number of anilines is 1. The van der Waals surface area contributed by atoms with E-state index in [1.807, 2.05) is 25.1 Å². The Kier molecular flexibility index (Phi) is 3.78. The number of hydrogen-bond acceptors (Lipinski definition) is 5. The molecular formula is C12H13N5S. The van der Waals surface area contributed by atoms with E-state index in [4.69, 9.17) is 18.0 Å². The molecule has 18 heavy (non-hydrogen) atoms. The first-order chi connectivity index (χ1) is 8.68. The minimum atomic E-state index is -0.00370. The Morgan fingerprint density at radius 2 is 2.17 bits per heavy atom. The molecule has 6 heteroatoms. The van der Waals surface area contributed by atoms with Crippen LogP contribution in [0.2, 0.25) is 0 Å². The van der Waals surface area contributed by atoms with Crippen LogP contribution in [0.25, 0.3) is 0 Å². The largest absolute Gasteiger partial charge is 0.389 e. The van der Waals surface area contributed by atoms with Gasteiger partial charge in [0.1, 0.15) is 4.99 Å². The van der Waals surface area contributed by atoms with E-state index in [1.165, 1.54) is 0 Å². The van der Waals surface area contributed by atoms with Gasteiger partial charge in [-0.1, -0.05) is 18.3 Å². The van der Waals surface area contributed by atoms with Crippen LogP contribution in [-0.2, 0) is 0 Å². The van der Waals surface area contributed by atoms with Gasteiger partial charge in [0.2, 0.25) is 0 Å². The van der Waals surface area contributed by atoms with Gasteiger partial charge in [0.15, 0.2) is 5.82 Å². The summed E-state index contributed by atoms with van der Waals surface area (Å²) in [6.07, 6.45) is 3.31. The molecule has 0 aliphatic carbocycles. The van der Waals surface area contributed by atoms with E-state index >= 15 is 0 Å². The zero-order valence-corrected chi connectivity index (χ0v) is 10.7. The van der Waals surface area contributed by atoms with Crippen LogP contribution < -0.4 is 11.1 Å². The predicted octanol–water partition coefficient (Wildman–Crippen LogP) is 1.68. The summed E-state index contributed by atoms with van der Waals surface area (Å²) >= 11 is 4.97. The van der Waals surface area contributed by atoms with Crippen LogP contribution in [0, 0.1) is 0 Å². The summed E-state index contributed by atoms with van der Waals surface area (Å²) in [6.45, 7) is 1.99. The lowest BCUT2D eigenvalue weighted by atomic mass is 10.2. The summed E-state index contributed by atoms with van der Waals surface area (Å²) in [5.41, 5.74) is 7.23. The van der Waals surface area contributed by atoms with E-state index in [0.29, 0.717) is 16.4 Å². The van der Waals surface area contributed by atoms with Crippen molar-refractivity contribution in [3.63, 3.8) is 0 Å². The molecule has 1 atom stereocenters. The van der Waals surface area contributed by atoms with Crippen molar-refractivity contribution < 1.29 is 0 Å². The van der Waals surface area contributed by atoms with Gasteiger partial charge in [-0.2, -0.15) is 5.10 Å². The van der Waals surface area contributed by atoms with Gasteiger partial charge >= 0.3 is 0 Å². The highest BCUT2D eigenvalue weighted by atomic mass is 32.1. The smallest absolute Gasteiger partial charge is 0.159 e. The quantitative estimate of drug-likeness (QED) is 0.813. The lowest BCUT2D eigenvalue weighted by Crippen LogP contribution is -2.17. The lowest BCUT2D eigenvalue weighted by molar-refractivity contribution is 0.822. The summed E-state index contributed by atoms with van der Waals surface area (Å²) in [5.74, 6) is 0.572. The van der Waals surface area contributed by atoms with E-state index in [1.54, 1.807) is 18.5 Å². The average molecular weight is 259 g/mol. The van der Waals surface area contributed by atoms with Crippen molar-refractivity contribution >= 4 is 23.0 Å². The molecule has 2 aromatic rings. The molecule has 0 aliphatic heterocycles. The monoisotopic (exact) mass is 259 g/mol. The molecule has 92 valence electrons. The van der Waals surface area contributed by atoms with Crippen LogP contribution in [0.5, 0.6) is 0 Å². The Morgan fingerprint density at radius 1 is 1.33 bits per heavy atom. The van der Waals surface area contributed by atoms with Gasteiger partial charge in [-0.05, 0) is 25.1 Å². The van der Waals surface area contributed by atoms with Crippen LogP contribution >= 0.6 is 12.2 Å². The Bertz CT molecular complexity index is 543. The van der Waals surface area contributed by atoms with E-state index < -0.39 is 0 Å². The second-order valence-corrected chi connectivity index (χ2v) is 4.22. The van der Waals surface area contributed by atoms with Crippen molar-refractivity contribution in [2.75, 3.05) is 5.32 Å². The third kappa shape index (κ3) is 2.78. The molecule has 2 heterocycles. The molecule has 0 bridgehead atoms. The van der Waals surface area contributed by atoms with Crippen molar-refractivity contribution in [2.24, 2.45) is 5.73 Å². The van der Waals surface area contributed by atoms with Crippen molar-refractivity contribution in [1.29, 1.82) is 0 Å². The van der Waals surface area contributed by atoms with Gasteiger partial charge in [-0.15, -0.1) is 5.10 Å². The van der Waals surface area contributed by atoms with E-state index in [-0.39, 0.29) is 6.04 Å². The average Bonchev–Trinajstić information content (AvgIpc) is 2.40. The molecule has 2 aromatic heterocycles. The SMILES string of the molecule is CC(Nc1nnccc1C(N)=S)c1ccccn1. The van der Waals surface area contributed by atoms with Crippen molar-refractivity contribution in [3.05, 3.63) is 47.9 Å². The summed E-state index contributed by atoms with van der Waals surface area (Å²) in [5, 5.41) is 11.0. The van der Waals surface area contributed by atoms with Gasteiger partial charge in [0, 0.05) is 6.20 Å². The fourth-order valence-electron chi connectivity index (χ4n) is 1.55. The van der Waals surface area contributed by atoms with Gasteiger partial charge in [-0.25, -0.2) is 0 Å². The van der Waals surface area contributed by atoms with E-state index in [0.717, 1.165) is 5.69 Å². The van der Waals surface area contributed by atoms with Crippen molar-refractivity contribution in [2.45, 2.75) is 13.0 Å². The molecule has 0 aliphatic rings. The lowest BCUT2D eigenvalue weighted by Gasteiger charge is -2.15. The molecule has 0 aromatic carbocycles. The highest BCUT2D eigenvalue weighted by molar-refractivity contribution is 7.80. The minimum Gasteiger partial charge on any atom is -0.389 e. The number of hydrogen-bond donors (Lipinski definition) is 2. The molecule has 5 nitrogen and oxygen atoms in total. The number of thiocarbonyl (C=S) groups is 1. The maximum Gasteiger partial charge on any atom is 0.159 e. The first kappa shape index (κ1) is 12.4. The Balaban J connectivity index is 2.22. The molecule has 2 rings (SSSR count). The standard InChI is InChI=1S/C12H13N5S/c1-8(10-4-2-3-6-14-10)16-12-9(11(13)18)5-7-15-17-12/h2-8H,1H3,(H2,13,18)(H,16,17). The van der Waals surface area contributed by atoms with Crippen LogP contribution in [0.4, 0.5) is 5.82 Å². The van der Waals surface area contributed by atoms with E-state index in [9.17, 15) is 0 Å². The fourth-order valence-corrected chi connectivity index (χ4v) is 1.71. The molecule has 0 radical (unpaired) electrons. The number of nitrogens with zero attached hydrogens (tertiary/aromatic N) is 3. The normalized spacial score (nSPS) is 11.8. The maximum atomic E-state index is 5.64. The Labute approximate surface area is 110 Å². The second-order valence-electron chi connectivity index (χ2n) is 3.78. The molecule has 1 unspecified atom stereocenters. The Morgan fingerprint density at radius 3 is 2.83 bits per heavy atom. The minimum absolute atomic E-state index is 0.00370. The van der Waals surface area contributed by atoms with Gasteiger partial charge < -0.3 is 11.1 Å². The molecule has 0 saturated heterocycles. The number of nitrogens with one attached hydrogen (secondary N) is 1. The number of nitrogens with two attached hydrogens (primary N) is 1. The van der Waals surface area contributed by atoms with Crippen LogP contribution in [0.3, 0.4) is 0 Å². The third-order valence-corrected chi connectivity index (χ3v) is 2.69. The van der Waals surface area contributed by atoms with Gasteiger partial charge in [-0.3, -0.25) is 4.98 Å². The molecular weight excluding hydrogens is 246 g/mol. The van der Waals surface area contributed by atoms with Crippen molar-refractivity contribution in [3.8, 4) is 0 Å². The third-order valence-electron chi connectivity index (χ3n) is 2.47. The number of rotatable bonds is 4. The van der Waals surface area contributed by atoms with E-state index in [2.05, 4.69) is 20.5 Å². The zero-order valence-electron chi connectivity index (χ0n) is 9.87. The maximum absolute atomic E-state index is 5.64. The molecule has 0 saturated carbocycles. The first-order valence-corrected chi connectivity index (χ1v) is 5.88. The second kappa shape index (κ2) is 5.50. The van der Waals surface area contributed by atoms with Crippen LogP contribution in [0.1, 0.15) is 24.2 Å². The number of aromatic nitrogens is 3. The van der Waals surface area contributed by atoms with Crippen LogP contribution in [-0.4, -0.2) is 20.2 Å². The summed E-state index contributed by atoms with van der Waals surface area (Å²) < 4.78 is 0. The van der Waals surface area contributed by atoms with Gasteiger partial charge in [0.25, 0.3) is 0 Å². The van der Waals surface area contributed by atoms with Crippen molar-refractivity contribution in [1.82, 2.24) is 15.2 Å². The summed E-state index contributed by atoms with van der Waals surface area (Å²) in [7, 11) is 0. The van der Waals surface area contributed by atoms with Crippen LogP contribution in [0.15, 0.2) is 36.7 Å². The predicted molar refractivity (Wildman–Crippen MR) is 74.2 cm³/mol. The zero-order chi connectivity index (χ0) is 13.0. The molecule has 0 fully saturated rings. The summed E-state index contributed by atoms with van der Waals surface area (Å²) in [6, 6.07) is 7.48. The topological polar surface area (TPSA) is 76.7 Å². The summed E-state index contributed by atoms with van der Waals surface area (Å²) in [4.78, 5) is 4.57. The fraction of sp³-hybridized carbons (Fsp3) is 0.167. The number of pyridine rings is 1. The van der Waals surface area contributed by atoms with Gasteiger partial charge in [0.05, 0.1) is 23.5 Å². The molecule has 3 N–H and O–H groups in total.